The van der Waals surface area contributed by atoms with Gasteiger partial charge in [0, 0.05) is 13.0 Å². The maximum absolute atomic E-state index is 13.7. The molecule has 0 spiro atoms. The molecule has 3 aromatic rings. The minimum Gasteiger partial charge on any atom is -0.351 e. The van der Waals surface area contributed by atoms with E-state index in [1.807, 2.05) is 91.0 Å². The number of nitrogens with one attached hydrogen (secondary N) is 3. The predicted molar refractivity (Wildman–Crippen MR) is 151 cm³/mol. The normalized spacial score (nSPS) is 12.8. The molecule has 0 aliphatic carbocycles. The summed E-state index contributed by atoms with van der Waals surface area (Å²) in [4.78, 5) is 13.2. The van der Waals surface area contributed by atoms with E-state index in [9.17, 15) is 9.36 Å². The summed E-state index contributed by atoms with van der Waals surface area (Å²) < 4.78 is 25.0. The highest BCUT2D eigenvalue weighted by Gasteiger charge is 2.38. The Bertz CT molecular complexity index is 1160. The number of hydrogen-bond acceptors (Lipinski definition) is 5. The van der Waals surface area contributed by atoms with Crippen LogP contribution >= 0.6 is 19.8 Å². The van der Waals surface area contributed by atoms with E-state index in [2.05, 4.69) is 16.0 Å². The first-order chi connectivity index (χ1) is 17.9. The molecule has 3 N–H and O–H groups in total. The molecule has 1 amide bonds. The lowest BCUT2D eigenvalue weighted by Crippen LogP contribution is -2.51. The van der Waals surface area contributed by atoms with Crippen LogP contribution < -0.4 is 16.0 Å². The van der Waals surface area contributed by atoms with Crippen molar-refractivity contribution in [2.24, 2.45) is 0 Å². The van der Waals surface area contributed by atoms with Crippen LogP contribution in [0.25, 0.3) is 0 Å². The van der Waals surface area contributed by atoms with Gasteiger partial charge < -0.3 is 25.0 Å². The topological polar surface area (TPSA) is 88.7 Å². The van der Waals surface area contributed by atoms with Gasteiger partial charge in [0.15, 0.2) is 10.9 Å². The summed E-state index contributed by atoms with van der Waals surface area (Å²) in [6.07, 6.45) is 0.411. The molecule has 3 aromatic carbocycles. The van der Waals surface area contributed by atoms with E-state index in [1.54, 1.807) is 13.8 Å². The average molecular weight is 540 g/mol. The fraction of sp³-hybridized carbons (Fsp3) is 0.286. The summed E-state index contributed by atoms with van der Waals surface area (Å²) in [5.41, 5.74) is 2.67. The van der Waals surface area contributed by atoms with Crippen LogP contribution in [0.4, 0.5) is 0 Å². The van der Waals surface area contributed by atoms with Crippen LogP contribution in [0.1, 0.15) is 36.3 Å². The maximum Gasteiger partial charge on any atom is 0.357 e. The third kappa shape index (κ3) is 8.79. The molecule has 0 saturated heterocycles. The highest BCUT2D eigenvalue weighted by molar-refractivity contribution is 7.80. The van der Waals surface area contributed by atoms with Crippen molar-refractivity contribution in [3.63, 3.8) is 0 Å². The van der Waals surface area contributed by atoms with E-state index in [-0.39, 0.29) is 24.2 Å². The van der Waals surface area contributed by atoms with Crippen LogP contribution in [0.3, 0.4) is 0 Å². The quantitative estimate of drug-likeness (QED) is 0.200. The number of amides is 1. The third-order valence-electron chi connectivity index (χ3n) is 5.53. The molecule has 0 radical (unpaired) electrons. The van der Waals surface area contributed by atoms with Crippen LogP contribution in [-0.4, -0.2) is 30.3 Å². The molecule has 0 heterocycles. The van der Waals surface area contributed by atoms with Crippen molar-refractivity contribution >= 4 is 30.8 Å². The van der Waals surface area contributed by atoms with Crippen LogP contribution in [-0.2, 0) is 31.4 Å². The Morgan fingerprint density at radius 2 is 1.32 bits per heavy atom. The van der Waals surface area contributed by atoms with Crippen molar-refractivity contribution in [2.45, 2.75) is 38.6 Å². The van der Waals surface area contributed by atoms with Gasteiger partial charge in [-0.25, -0.2) is 0 Å². The molecule has 0 aromatic heterocycles. The zero-order chi connectivity index (χ0) is 26.5. The molecule has 1 unspecified atom stereocenters. The first-order valence-corrected chi connectivity index (χ1v) is 14.3. The summed E-state index contributed by atoms with van der Waals surface area (Å²) in [5.74, 6) is -1.05. The Morgan fingerprint density at radius 1 is 0.811 bits per heavy atom. The number of benzene rings is 3. The lowest BCUT2D eigenvalue weighted by Gasteiger charge is -2.29. The van der Waals surface area contributed by atoms with E-state index in [4.69, 9.17) is 21.3 Å². The Hall–Kier alpha value is -3.03. The second-order valence-corrected chi connectivity index (χ2v) is 10.8. The van der Waals surface area contributed by atoms with E-state index >= 15 is 0 Å². The van der Waals surface area contributed by atoms with E-state index in [0.29, 0.717) is 18.5 Å². The van der Waals surface area contributed by atoms with Crippen molar-refractivity contribution in [3.8, 4) is 0 Å². The van der Waals surface area contributed by atoms with Gasteiger partial charge in [-0.2, -0.15) is 0 Å². The molecule has 7 nitrogen and oxygen atoms in total. The first-order valence-electron chi connectivity index (χ1n) is 12.3. The molecule has 196 valence electrons. The minimum atomic E-state index is -3.63. The molecular formula is C28H34N3O4PS. The van der Waals surface area contributed by atoms with Gasteiger partial charge in [-0.3, -0.25) is 9.36 Å². The minimum absolute atomic E-state index is 0.171. The molecule has 0 bridgehead atoms. The standard InChI is InChI=1S/C28H34N3O4PS/c1-3-34-36(33,35-4-2)27(24-18-12-7-13-19-24)31-28(37)30-25(20-22-14-8-5-9-15-22)26(32)29-21-23-16-10-6-11-17-23/h5-19,25,27H,3-4,20-21H2,1-2H3,(H,29,32)(H2,30,31,37)/t25-,27?/m0/s1. The molecule has 0 aliphatic rings. The fourth-order valence-electron chi connectivity index (χ4n) is 3.82. The highest BCUT2D eigenvalue weighted by atomic mass is 32.1. The number of carbonyl (C=O) groups excluding carboxylic acids is 1. The Balaban J connectivity index is 1.80. The molecule has 9 heteroatoms. The Labute approximate surface area is 224 Å². The molecule has 37 heavy (non-hydrogen) atoms. The van der Waals surface area contributed by atoms with Crippen molar-refractivity contribution in [3.05, 3.63) is 108 Å². The van der Waals surface area contributed by atoms with Gasteiger partial charge in [0.1, 0.15) is 6.04 Å². The molecular weight excluding hydrogens is 505 g/mol. The zero-order valence-corrected chi connectivity index (χ0v) is 22.8. The third-order valence-corrected chi connectivity index (χ3v) is 8.06. The van der Waals surface area contributed by atoms with Gasteiger partial charge in [-0.05, 0) is 42.8 Å². The molecule has 0 saturated carbocycles. The van der Waals surface area contributed by atoms with Crippen molar-refractivity contribution < 1.29 is 18.4 Å². The average Bonchev–Trinajstić information content (AvgIpc) is 2.92. The second kappa shape index (κ2) is 14.6. The largest absolute Gasteiger partial charge is 0.357 e. The molecule has 0 aliphatic heterocycles. The van der Waals surface area contributed by atoms with E-state index in [1.165, 1.54) is 0 Å². The van der Waals surface area contributed by atoms with Crippen LogP contribution in [0, 0.1) is 0 Å². The molecule has 0 fully saturated rings. The van der Waals surface area contributed by atoms with Gasteiger partial charge in [0.2, 0.25) is 5.91 Å². The second-order valence-electron chi connectivity index (χ2n) is 8.25. The summed E-state index contributed by atoms with van der Waals surface area (Å²) >= 11 is 5.62. The van der Waals surface area contributed by atoms with Crippen LogP contribution in [0.5, 0.6) is 0 Å². The zero-order valence-electron chi connectivity index (χ0n) is 21.1. The Kier molecular flexibility index (Phi) is 11.3. The van der Waals surface area contributed by atoms with Crippen molar-refractivity contribution in [1.82, 2.24) is 16.0 Å². The number of thiocarbonyl (C=S) groups is 1. The van der Waals surface area contributed by atoms with Gasteiger partial charge in [-0.1, -0.05) is 91.0 Å². The summed E-state index contributed by atoms with van der Waals surface area (Å²) in [5, 5.41) is 9.41. The smallest absolute Gasteiger partial charge is 0.351 e. The highest BCUT2D eigenvalue weighted by Crippen LogP contribution is 2.59. The van der Waals surface area contributed by atoms with Crippen molar-refractivity contribution in [2.75, 3.05) is 13.2 Å². The SMILES string of the molecule is CCOP(=O)(OCC)C(NC(=S)N[C@@H](Cc1ccccc1)C(=O)NCc1ccccc1)c1ccccc1. The summed E-state index contributed by atoms with van der Waals surface area (Å²) in [7, 11) is -3.63. The number of rotatable bonds is 13. The number of carbonyl (C=O) groups is 1. The lowest BCUT2D eigenvalue weighted by molar-refractivity contribution is -0.122. The van der Waals surface area contributed by atoms with Crippen molar-refractivity contribution in [1.29, 1.82) is 0 Å². The molecule has 3 rings (SSSR count). The van der Waals surface area contributed by atoms with Gasteiger partial charge in [0.25, 0.3) is 0 Å². The number of hydrogen-bond donors (Lipinski definition) is 3. The summed E-state index contributed by atoms with van der Waals surface area (Å²) in [6.45, 7) is 4.33. The van der Waals surface area contributed by atoms with E-state index < -0.39 is 19.4 Å². The fourth-order valence-corrected chi connectivity index (χ4v) is 6.08. The first kappa shape index (κ1) is 28.5. The van der Waals surface area contributed by atoms with Gasteiger partial charge in [-0.15, -0.1) is 0 Å². The van der Waals surface area contributed by atoms with Gasteiger partial charge in [0.05, 0.1) is 13.2 Å². The maximum atomic E-state index is 13.7. The molecule has 2 atom stereocenters. The summed E-state index contributed by atoms with van der Waals surface area (Å²) in [6, 6.07) is 28.0. The predicted octanol–water partition coefficient (Wildman–Crippen LogP) is 5.34. The monoisotopic (exact) mass is 539 g/mol. The van der Waals surface area contributed by atoms with Crippen LogP contribution in [0.15, 0.2) is 91.0 Å². The van der Waals surface area contributed by atoms with E-state index in [0.717, 1.165) is 11.1 Å². The van der Waals surface area contributed by atoms with Crippen LogP contribution in [0.2, 0.25) is 0 Å². The Morgan fingerprint density at radius 3 is 1.86 bits per heavy atom. The van der Waals surface area contributed by atoms with Gasteiger partial charge >= 0.3 is 7.60 Å². The lowest BCUT2D eigenvalue weighted by atomic mass is 10.1.